The molecule has 1 atom stereocenters. The van der Waals surface area contributed by atoms with Gasteiger partial charge in [0, 0.05) is 29.6 Å². The predicted octanol–water partition coefficient (Wildman–Crippen LogP) is 0.223. The van der Waals surface area contributed by atoms with Crippen LogP contribution in [-0.4, -0.2) is 45.9 Å². The van der Waals surface area contributed by atoms with Gasteiger partial charge in [-0.05, 0) is 6.42 Å². The number of hydrogen-bond acceptors (Lipinski definition) is 2. The van der Waals surface area contributed by atoms with Crippen molar-refractivity contribution < 1.29 is 9.90 Å². The Labute approximate surface area is 82.7 Å². The summed E-state index contributed by atoms with van der Waals surface area (Å²) in [4.78, 5) is 10.1. The first-order chi connectivity index (χ1) is 3.68. The van der Waals surface area contributed by atoms with Gasteiger partial charge in [-0.15, -0.1) is 12.6 Å². The van der Waals surface area contributed by atoms with Crippen LogP contribution in [0.1, 0.15) is 19.8 Å². The molecule has 1 radical (unpaired) electrons. The zero-order valence-electron chi connectivity index (χ0n) is 5.79. The summed E-state index contributed by atoms with van der Waals surface area (Å²) in [5.41, 5.74) is 0. The molecule has 0 aromatic heterocycles. The minimum Gasteiger partial charge on any atom is -0.384 e. The molecule has 1 unspecified atom stereocenters. The maximum Gasteiger partial charge on any atom is 0.214 e. The zero-order chi connectivity index (χ0) is 6.57. The number of hydrogen-bond donors (Lipinski definition) is 2. The van der Waals surface area contributed by atoms with Crippen molar-refractivity contribution in [3.05, 3.63) is 0 Å². The quantitative estimate of drug-likeness (QED) is 0.454. The Morgan fingerprint density at radius 1 is 1.78 bits per heavy atom. The largest absolute Gasteiger partial charge is 0.384 e. The van der Waals surface area contributed by atoms with Crippen LogP contribution in [0.4, 0.5) is 0 Å². The number of carbonyl (C=O) groups is 1. The third-order valence-corrected chi connectivity index (χ3v) is 1.15. The van der Waals surface area contributed by atoms with Crippen LogP contribution >= 0.6 is 12.6 Å². The molecule has 0 spiro atoms. The predicted molar refractivity (Wildman–Crippen MR) is 40.7 cm³/mol. The van der Waals surface area contributed by atoms with E-state index in [4.69, 9.17) is 5.11 Å². The van der Waals surface area contributed by atoms with Crippen molar-refractivity contribution in [2.24, 2.45) is 0 Å². The average Bonchev–Trinajstić information content (AvgIpc) is 1.67. The molecule has 0 bridgehead atoms. The third kappa shape index (κ3) is 6.87. The van der Waals surface area contributed by atoms with E-state index in [9.17, 15) is 4.79 Å². The van der Waals surface area contributed by atoms with Crippen LogP contribution in [0.15, 0.2) is 0 Å². The zero-order valence-corrected chi connectivity index (χ0v) is 8.69. The molecule has 0 aromatic carbocycles. The van der Waals surface area contributed by atoms with Crippen LogP contribution in [0, 0.1) is 0 Å². The summed E-state index contributed by atoms with van der Waals surface area (Å²) in [6.07, 6.45) is 0.471. The Bertz CT molecular complexity index is 87.0. The van der Waals surface area contributed by atoms with Crippen molar-refractivity contribution in [3.8, 4) is 0 Å². The van der Waals surface area contributed by atoms with Crippen LogP contribution in [0.5, 0.6) is 0 Å². The number of aliphatic hydroxyl groups is 1. The number of thiol groups is 1. The molecule has 0 aromatic rings. The fraction of sp³-hybridized carbons (Fsp3) is 0.800. The fourth-order valence-corrected chi connectivity index (χ4v) is 0.526. The second-order valence-corrected chi connectivity index (χ2v) is 2.08. The average molecular weight is 157 g/mol. The molecule has 0 heterocycles. The van der Waals surface area contributed by atoms with Gasteiger partial charge in [0.25, 0.3) is 0 Å². The van der Waals surface area contributed by atoms with E-state index in [1.54, 1.807) is 0 Å². The van der Waals surface area contributed by atoms with E-state index in [0.717, 1.165) is 6.42 Å². The maximum atomic E-state index is 10.1. The Hall–Kier alpha value is 0.980. The van der Waals surface area contributed by atoms with E-state index in [-0.39, 0.29) is 29.6 Å². The molecule has 0 saturated heterocycles. The van der Waals surface area contributed by atoms with E-state index in [1.165, 1.54) is 0 Å². The van der Waals surface area contributed by atoms with Crippen molar-refractivity contribution in [2.45, 2.75) is 25.9 Å². The summed E-state index contributed by atoms with van der Waals surface area (Å²) < 4.78 is 0. The molecular weight excluding hydrogens is 147 g/mol. The van der Waals surface area contributed by atoms with Crippen LogP contribution in [0.3, 0.4) is 0 Å². The van der Waals surface area contributed by atoms with Gasteiger partial charge in [0.2, 0.25) is 5.12 Å². The molecule has 0 rings (SSSR count). The molecule has 0 saturated carbocycles. The van der Waals surface area contributed by atoms with Crippen LogP contribution < -0.4 is 0 Å². The molecule has 9 heavy (non-hydrogen) atoms. The molecule has 1 N–H and O–H groups in total. The maximum absolute atomic E-state index is 10.1. The van der Waals surface area contributed by atoms with Gasteiger partial charge in [0.1, 0.15) is 6.10 Å². The van der Waals surface area contributed by atoms with Gasteiger partial charge in [0.15, 0.2) is 0 Å². The van der Waals surface area contributed by atoms with E-state index in [1.807, 2.05) is 6.92 Å². The number of aliphatic hydroxyl groups excluding tert-OH is 1. The second-order valence-electron chi connectivity index (χ2n) is 1.64. The van der Waals surface area contributed by atoms with Gasteiger partial charge >= 0.3 is 0 Å². The SMILES string of the molecule is CCCC(O)C(=O)S.[Na]. The normalized spacial score (nSPS) is 11.9. The van der Waals surface area contributed by atoms with Gasteiger partial charge in [-0.3, -0.25) is 4.79 Å². The summed E-state index contributed by atoms with van der Waals surface area (Å²) >= 11 is 3.44. The summed E-state index contributed by atoms with van der Waals surface area (Å²) in [6.45, 7) is 1.90. The van der Waals surface area contributed by atoms with Crippen molar-refractivity contribution in [1.29, 1.82) is 0 Å². The van der Waals surface area contributed by atoms with Crippen LogP contribution in [0.2, 0.25) is 0 Å². The van der Waals surface area contributed by atoms with Gasteiger partial charge in [-0.2, -0.15) is 0 Å². The van der Waals surface area contributed by atoms with E-state index in [2.05, 4.69) is 12.6 Å². The first-order valence-electron chi connectivity index (χ1n) is 2.59. The molecule has 0 amide bonds. The minimum absolute atomic E-state index is 0. The summed E-state index contributed by atoms with van der Waals surface area (Å²) in [7, 11) is 0. The van der Waals surface area contributed by atoms with E-state index in [0.29, 0.717) is 6.42 Å². The van der Waals surface area contributed by atoms with Crippen molar-refractivity contribution in [3.63, 3.8) is 0 Å². The Kier molecular flexibility index (Phi) is 9.96. The van der Waals surface area contributed by atoms with E-state index < -0.39 is 11.2 Å². The van der Waals surface area contributed by atoms with Crippen LogP contribution in [-0.2, 0) is 4.79 Å². The van der Waals surface area contributed by atoms with Gasteiger partial charge in [-0.1, -0.05) is 13.3 Å². The smallest absolute Gasteiger partial charge is 0.214 e. The standard InChI is InChI=1S/C5H10O2S.Na/c1-2-3-4(6)5(7)8;/h4,6H,2-3H2,1H3,(H,7,8);. The third-order valence-electron chi connectivity index (χ3n) is 0.847. The molecule has 4 heteroatoms. The first-order valence-corrected chi connectivity index (χ1v) is 3.04. The Morgan fingerprint density at radius 3 is 2.33 bits per heavy atom. The van der Waals surface area contributed by atoms with Gasteiger partial charge < -0.3 is 5.11 Å². The molecule has 0 aliphatic rings. The van der Waals surface area contributed by atoms with Crippen molar-refractivity contribution in [2.75, 3.05) is 0 Å². The topological polar surface area (TPSA) is 37.3 Å². The Balaban J connectivity index is 0. The molecule has 0 fully saturated rings. The molecule has 49 valence electrons. The number of rotatable bonds is 3. The second kappa shape index (κ2) is 7.09. The molecule has 0 aliphatic heterocycles. The molecule has 2 nitrogen and oxygen atoms in total. The molecule has 0 aliphatic carbocycles. The Morgan fingerprint density at radius 2 is 2.22 bits per heavy atom. The van der Waals surface area contributed by atoms with Crippen molar-refractivity contribution in [1.82, 2.24) is 0 Å². The minimum atomic E-state index is -0.858. The van der Waals surface area contributed by atoms with E-state index >= 15 is 0 Å². The van der Waals surface area contributed by atoms with Crippen LogP contribution in [0.25, 0.3) is 0 Å². The summed E-state index contributed by atoms with van der Waals surface area (Å²) in [5.74, 6) is 0. The molecular formula is C5H10NaO2S. The summed E-state index contributed by atoms with van der Waals surface area (Å²) in [6, 6.07) is 0. The summed E-state index contributed by atoms with van der Waals surface area (Å²) in [5, 5.41) is 8.26. The number of carbonyl (C=O) groups excluding carboxylic acids is 1. The van der Waals surface area contributed by atoms with Gasteiger partial charge in [0.05, 0.1) is 0 Å². The first kappa shape index (κ1) is 12.6. The monoisotopic (exact) mass is 157 g/mol. The van der Waals surface area contributed by atoms with Crippen molar-refractivity contribution >= 4 is 47.3 Å². The fourth-order valence-electron chi connectivity index (χ4n) is 0.397. The van der Waals surface area contributed by atoms with Gasteiger partial charge in [-0.25, -0.2) is 0 Å².